The number of nitrogens with zero attached hydrogens (tertiary/aromatic N) is 1. The molecule has 86 valence electrons. The van der Waals surface area contributed by atoms with Gasteiger partial charge in [0, 0.05) is 19.6 Å². The standard InChI is InChI=1S/C11H21N3O/c12-10(15)11(4-1-2-5-11)14-8-3-6-13-7-9-14/h13H,1-9H2,(H2,12,15). The van der Waals surface area contributed by atoms with Crippen LogP contribution in [0.25, 0.3) is 0 Å². The predicted molar refractivity (Wildman–Crippen MR) is 59.5 cm³/mol. The molecule has 1 saturated carbocycles. The summed E-state index contributed by atoms with van der Waals surface area (Å²) in [5.41, 5.74) is 5.30. The fraction of sp³-hybridized carbons (Fsp3) is 0.909. The van der Waals surface area contributed by atoms with Crippen LogP contribution in [0.5, 0.6) is 0 Å². The van der Waals surface area contributed by atoms with E-state index >= 15 is 0 Å². The quantitative estimate of drug-likeness (QED) is 0.680. The van der Waals surface area contributed by atoms with Gasteiger partial charge in [0.05, 0.1) is 0 Å². The van der Waals surface area contributed by atoms with Gasteiger partial charge >= 0.3 is 0 Å². The van der Waals surface area contributed by atoms with Gasteiger partial charge in [0.15, 0.2) is 0 Å². The van der Waals surface area contributed by atoms with Crippen molar-refractivity contribution in [1.29, 1.82) is 0 Å². The van der Waals surface area contributed by atoms with Crippen LogP contribution < -0.4 is 11.1 Å². The van der Waals surface area contributed by atoms with Crippen LogP contribution in [0.3, 0.4) is 0 Å². The van der Waals surface area contributed by atoms with Gasteiger partial charge in [-0.1, -0.05) is 12.8 Å². The summed E-state index contributed by atoms with van der Waals surface area (Å²) in [4.78, 5) is 14.0. The van der Waals surface area contributed by atoms with Crippen molar-refractivity contribution in [2.45, 2.75) is 37.6 Å². The normalized spacial score (nSPS) is 27.5. The molecule has 1 aliphatic carbocycles. The molecule has 2 fully saturated rings. The number of hydrogen-bond acceptors (Lipinski definition) is 3. The van der Waals surface area contributed by atoms with Gasteiger partial charge in [0.2, 0.25) is 5.91 Å². The van der Waals surface area contributed by atoms with Gasteiger partial charge in [0.25, 0.3) is 0 Å². The van der Waals surface area contributed by atoms with E-state index in [4.69, 9.17) is 5.73 Å². The molecule has 1 heterocycles. The zero-order chi connectivity index (χ0) is 10.7. The molecule has 15 heavy (non-hydrogen) atoms. The number of carbonyl (C=O) groups is 1. The molecule has 4 nitrogen and oxygen atoms in total. The molecule has 0 bridgehead atoms. The summed E-state index contributed by atoms with van der Waals surface area (Å²) < 4.78 is 0. The predicted octanol–water partition coefficient (Wildman–Crippen LogP) is 0.0798. The second-order valence-electron chi connectivity index (χ2n) is 4.69. The van der Waals surface area contributed by atoms with Gasteiger partial charge in [-0.25, -0.2) is 0 Å². The lowest BCUT2D eigenvalue weighted by Gasteiger charge is -2.37. The molecule has 0 aromatic carbocycles. The third-order valence-electron chi connectivity index (χ3n) is 3.83. The van der Waals surface area contributed by atoms with Crippen molar-refractivity contribution >= 4 is 5.91 Å². The lowest BCUT2D eigenvalue weighted by atomic mass is 9.94. The first kappa shape index (κ1) is 10.9. The minimum atomic E-state index is -0.313. The fourth-order valence-electron chi connectivity index (χ4n) is 2.95. The number of primary amides is 1. The van der Waals surface area contributed by atoms with E-state index in [1.165, 1.54) is 0 Å². The van der Waals surface area contributed by atoms with E-state index in [2.05, 4.69) is 10.2 Å². The molecular weight excluding hydrogens is 190 g/mol. The molecule has 0 aromatic heterocycles. The third-order valence-corrected chi connectivity index (χ3v) is 3.83. The summed E-state index contributed by atoms with van der Waals surface area (Å²) in [5.74, 6) is -0.109. The fourth-order valence-corrected chi connectivity index (χ4v) is 2.95. The Labute approximate surface area is 91.2 Å². The molecule has 1 amide bonds. The lowest BCUT2D eigenvalue weighted by Crippen LogP contribution is -2.56. The zero-order valence-electron chi connectivity index (χ0n) is 9.30. The Morgan fingerprint density at radius 2 is 1.87 bits per heavy atom. The van der Waals surface area contributed by atoms with E-state index in [0.29, 0.717) is 0 Å². The SMILES string of the molecule is NC(=O)C1(N2CCCNCC2)CCCC1. The van der Waals surface area contributed by atoms with E-state index in [0.717, 1.165) is 58.3 Å². The topological polar surface area (TPSA) is 58.4 Å². The van der Waals surface area contributed by atoms with Gasteiger partial charge in [-0.05, 0) is 25.8 Å². The average Bonchev–Trinajstić information content (AvgIpc) is 2.56. The zero-order valence-corrected chi connectivity index (χ0v) is 9.30. The minimum absolute atomic E-state index is 0.109. The number of nitrogens with one attached hydrogen (secondary N) is 1. The molecule has 4 heteroatoms. The molecule has 1 saturated heterocycles. The molecule has 3 N–H and O–H groups in total. The van der Waals surface area contributed by atoms with Crippen LogP contribution in [-0.4, -0.2) is 42.5 Å². The number of carbonyl (C=O) groups excluding carboxylic acids is 1. The summed E-state index contributed by atoms with van der Waals surface area (Å²) in [6, 6.07) is 0. The van der Waals surface area contributed by atoms with Crippen LogP contribution in [0.15, 0.2) is 0 Å². The maximum atomic E-state index is 11.7. The molecule has 2 aliphatic rings. The summed E-state index contributed by atoms with van der Waals surface area (Å²) in [6.45, 7) is 4.01. The van der Waals surface area contributed by atoms with Crippen molar-refractivity contribution in [3.63, 3.8) is 0 Å². The molecule has 0 aromatic rings. The third kappa shape index (κ3) is 2.01. The smallest absolute Gasteiger partial charge is 0.237 e. The van der Waals surface area contributed by atoms with Crippen molar-refractivity contribution in [2.75, 3.05) is 26.2 Å². The Balaban J connectivity index is 2.12. The molecule has 2 rings (SSSR count). The largest absolute Gasteiger partial charge is 0.368 e. The Morgan fingerprint density at radius 3 is 2.53 bits per heavy atom. The second-order valence-corrected chi connectivity index (χ2v) is 4.69. The minimum Gasteiger partial charge on any atom is -0.368 e. The molecule has 1 aliphatic heterocycles. The highest BCUT2D eigenvalue weighted by atomic mass is 16.1. The van der Waals surface area contributed by atoms with Crippen molar-refractivity contribution in [2.24, 2.45) is 5.73 Å². The molecule has 0 unspecified atom stereocenters. The summed E-state index contributed by atoms with van der Waals surface area (Å²) in [7, 11) is 0. The number of rotatable bonds is 2. The highest BCUT2D eigenvalue weighted by Crippen LogP contribution is 2.35. The van der Waals surface area contributed by atoms with Gasteiger partial charge in [0.1, 0.15) is 5.54 Å². The van der Waals surface area contributed by atoms with Crippen molar-refractivity contribution < 1.29 is 4.79 Å². The lowest BCUT2D eigenvalue weighted by molar-refractivity contribution is -0.130. The highest BCUT2D eigenvalue weighted by molar-refractivity contribution is 5.85. The Hall–Kier alpha value is -0.610. The Kier molecular flexibility index (Phi) is 3.26. The van der Waals surface area contributed by atoms with Crippen molar-refractivity contribution in [3.05, 3.63) is 0 Å². The van der Waals surface area contributed by atoms with Crippen LogP contribution in [0.4, 0.5) is 0 Å². The van der Waals surface area contributed by atoms with Gasteiger partial charge in [-0.2, -0.15) is 0 Å². The van der Waals surface area contributed by atoms with Gasteiger partial charge < -0.3 is 11.1 Å². The first-order valence-electron chi connectivity index (χ1n) is 6.01. The van der Waals surface area contributed by atoms with Gasteiger partial charge in [-0.3, -0.25) is 9.69 Å². The van der Waals surface area contributed by atoms with Crippen LogP contribution in [0.2, 0.25) is 0 Å². The highest BCUT2D eigenvalue weighted by Gasteiger charge is 2.44. The van der Waals surface area contributed by atoms with E-state index in [9.17, 15) is 4.79 Å². The number of nitrogens with two attached hydrogens (primary N) is 1. The Bertz CT molecular complexity index is 228. The van der Waals surface area contributed by atoms with E-state index in [-0.39, 0.29) is 11.4 Å². The summed E-state index contributed by atoms with van der Waals surface area (Å²) >= 11 is 0. The molecular formula is C11H21N3O. The molecule has 0 atom stereocenters. The van der Waals surface area contributed by atoms with Crippen LogP contribution in [-0.2, 0) is 4.79 Å². The van der Waals surface area contributed by atoms with Crippen LogP contribution in [0.1, 0.15) is 32.1 Å². The first-order valence-corrected chi connectivity index (χ1v) is 6.01. The average molecular weight is 211 g/mol. The van der Waals surface area contributed by atoms with Crippen LogP contribution >= 0.6 is 0 Å². The van der Waals surface area contributed by atoms with E-state index in [1.807, 2.05) is 0 Å². The second kappa shape index (κ2) is 4.49. The summed E-state index contributed by atoms with van der Waals surface area (Å²) in [5, 5.41) is 3.36. The summed E-state index contributed by atoms with van der Waals surface area (Å²) in [6.07, 6.45) is 5.33. The number of amides is 1. The molecule has 0 spiro atoms. The number of hydrogen-bond donors (Lipinski definition) is 2. The van der Waals surface area contributed by atoms with Crippen molar-refractivity contribution in [3.8, 4) is 0 Å². The monoisotopic (exact) mass is 211 g/mol. The molecule has 0 radical (unpaired) electrons. The first-order chi connectivity index (χ1) is 7.26. The Morgan fingerprint density at radius 1 is 1.13 bits per heavy atom. The van der Waals surface area contributed by atoms with Crippen molar-refractivity contribution in [1.82, 2.24) is 10.2 Å². The van der Waals surface area contributed by atoms with E-state index in [1.54, 1.807) is 0 Å². The van der Waals surface area contributed by atoms with Gasteiger partial charge in [-0.15, -0.1) is 0 Å². The van der Waals surface area contributed by atoms with Crippen LogP contribution in [0, 0.1) is 0 Å². The maximum absolute atomic E-state index is 11.7. The maximum Gasteiger partial charge on any atom is 0.237 e. The van der Waals surface area contributed by atoms with E-state index < -0.39 is 0 Å².